The van der Waals surface area contributed by atoms with Crippen LogP contribution in [0.4, 0.5) is 0 Å². The number of aliphatic carboxylic acids is 1. The van der Waals surface area contributed by atoms with E-state index in [1.165, 1.54) is 0 Å². The Balaban J connectivity index is 2.57. The first-order chi connectivity index (χ1) is 9.90. The fourth-order valence-corrected chi connectivity index (χ4v) is 2.43. The van der Waals surface area contributed by atoms with Gasteiger partial charge in [-0.1, -0.05) is 0 Å². The molecule has 8 nitrogen and oxygen atoms in total. The van der Waals surface area contributed by atoms with Crippen LogP contribution in [-0.4, -0.2) is 74.9 Å². The van der Waals surface area contributed by atoms with Crippen LogP contribution in [0, 0.1) is 5.92 Å². The van der Waals surface area contributed by atoms with Gasteiger partial charge in [0.15, 0.2) is 0 Å². The van der Waals surface area contributed by atoms with E-state index in [0.29, 0.717) is 19.1 Å². The van der Waals surface area contributed by atoms with E-state index in [-0.39, 0.29) is 12.8 Å². The van der Waals surface area contributed by atoms with Crippen LogP contribution in [0.3, 0.4) is 0 Å². The van der Waals surface area contributed by atoms with E-state index in [9.17, 15) is 24.9 Å². The number of carboxylic acid groups (broad SMARTS) is 1. The Labute approximate surface area is 122 Å². The number of carboxylic acids is 1. The second-order valence-corrected chi connectivity index (χ2v) is 5.29. The van der Waals surface area contributed by atoms with Crippen LogP contribution < -0.4 is 0 Å². The number of rotatable bonds is 8. The summed E-state index contributed by atoms with van der Waals surface area (Å²) in [5.74, 6) is -1.47. The Hall–Kier alpha value is -1.06. The zero-order valence-electron chi connectivity index (χ0n) is 11.5. The minimum atomic E-state index is -1.47. The number of ether oxygens (including phenoxy) is 1. The van der Waals surface area contributed by atoms with Crippen LogP contribution in [0.25, 0.3) is 0 Å². The molecule has 1 heterocycles. The average Bonchev–Trinajstić information content (AvgIpc) is 2.45. The first-order valence-electron chi connectivity index (χ1n) is 6.88. The molecule has 0 radical (unpaired) electrons. The molecular weight excluding hydrogens is 284 g/mol. The van der Waals surface area contributed by atoms with Gasteiger partial charge in [-0.3, -0.25) is 4.79 Å². The van der Waals surface area contributed by atoms with Gasteiger partial charge in [0.25, 0.3) is 0 Å². The number of hydrogen-bond donors (Lipinski definition) is 5. The van der Waals surface area contributed by atoms with E-state index in [1.54, 1.807) is 0 Å². The largest absolute Gasteiger partial charge is 0.481 e. The van der Waals surface area contributed by atoms with Gasteiger partial charge in [0, 0.05) is 12.3 Å². The van der Waals surface area contributed by atoms with Crippen LogP contribution in [0.5, 0.6) is 0 Å². The number of carbonyl (C=O) groups is 2. The van der Waals surface area contributed by atoms with Gasteiger partial charge in [0.1, 0.15) is 30.7 Å². The molecule has 8 heteroatoms. The van der Waals surface area contributed by atoms with Crippen molar-refractivity contribution in [2.75, 3.05) is 6.61 Å². The highest BCUT2D eigenvalue weighted by atomic mass is 16.5. The Morgan fingerprint density at radius 2 is 1.76 bits per heavy atom. The fourth-order valence-electron chi connectivity index (χ4n) is 2.43. The van der Waals surface area contributed by atoms with Crippen LogP contribution >= 0.6 is 0 Å². The highest BCUT2D eigenvalue weighted by Crippen LogP contribution is 2.26. The minimum absolute atomic E-state index is 0.0565. The molecule has 0 spiro atoms. The second kappa shape index (κ2) is 8.40. The average molecular weight is 306 g/mol. The minimum Gasteiger partial charge on any atom is -0.481 e. The zero-order chi connectivity index (χ0) is 16.0. The summed E-state index contributed by atoms with van der Waals surface area (Å²) in [5, 5.41) is 46.8. The molecule has 1 saturated heterocycles. The third kappa shape index (κ3) is 5.01. The lowest BCUT2D eigenvalue weighted by atomic mass is 9.88. The molecule has 1 aliphatic heterocycles. The van der Waals surface area contributed by atoms with Gasteiger partial charge in [0.2, 0.25) is 0 Å². The molecule has 122 valence electrons. The molecule has 0 aromatic heterocycles. The molecule has 0 saturated carbocycles. The molecule has 1 fully saturated rings. The van der Waals surface area contributed by atoms with E-state index < -0.39 is 49.0 Å². The van der Waals surface area contributed by atoms with Crippen molar-refractivity contribution in [3.05, 3.63) is 0 Å². The summed E-state index contributed by atoms with van der Waals surface area (Å²) in [7, 11) is 0. The molecule has 0 amide bonds. The number of aldehydes is 1. The Bertz CT molecular complexity index is 345. The second-order valence-electron chi connectivity index (χ2n) is 5.29. The van der Waals surface area contributed by atoms with E-state index >= 15 is 0 Å². The zero-order valence-corrected chi connectivity index (χ0v) is 11.5. The summed E-state index contributed by atoms with van der Waals surface area (Å²) < 4.78 is 5.31. The summed E-state index contributed by atoms with van der Waals surface area (Å²) in [6.07, 6.45) is -4.84. The number of aliphatic hydroxyl groups excluding tert-OH is 4. The van der Waals surface area contributed by atoms with Crippen molar-refractivity contribution >= 4 is 12.3 Å². The fraction of sp³-hybridized carbons (Fsp3) is 0.846. The summed E-state index contributed by atoms with van der Waals surface area (Å²) in [5.41, 5.74) is 0. The molecule has 1 aliphatic rings. The maximum Gasteiger partial charge on any atom is 0.303 e. The summed E-state index contributed by atoms with van der Waals surface area (Å²) in [4.78, 5) is 21.4. The Morgan fingerprint density at radius 3 is 2.29 bits per heavy atom. The topological polar surface area (TPSA) is 145 Å². The molecule has 1 rings (SSSR count). The molecule has 0 aliphatic carbocycles. The van der Waals surface area contributed by atoms with Crippen LogP contribution in [-0.2, 0) is 14.3 Å². The van der Waals surface area contributed by atoms with Crippen LogP contribution in [0.1, 0.15) is 25.7 Å². The quantitative estimate of drug-likeness (QED) is 0.333. The Morgan fingerprint density at radius 1 is 1.14 bits per heavy atom. The van der Waals surface area contributed by atoms with Gasteiger partial charge in [-0.15, -0.1) is 0 Å². The van der Waals surface area contributed by atoms with Crippen LogP contribution in [0.15, 0.2) is 0 Å². The number of aliphatic hydroxyl groups is 4. The van der Waals surface area contributed by atoms with Gasteiger partial charge < -0.3 is 35.1 Å². The smallest absolute Gasteiger partial charge is 0.303 e. The van der Waals surface area contributed by atoms with Gasteiger partial charge >= 0.3 is 5.97 Å². The molecule has 6 atom stereocenters. The maximum atomic E-state index is 11.0. The first-order valence-corrected chi connectivity index (χ1v) is 6.88. The molecule has 21 heavy (non-hydrogen) atoms. The lowest BCUT2D eigenvalue weighted by Gasteiger charge is -2.40. The summed E-state index contributed by atoms with van der Waals surface area (Å²) in [6, 6.07) is 0. The van der Waals surface area contributed by atoms with Crippen molar-refractivity contribution in [2.45, 2.75) is 56.2 Å². The molecule has 0 aromatic carbocycles. The normalized spacial score (nSPS) is 34.4. The van der Waals surface area contributed by atoms with E-state index in [0.717, 1.165) is 0 Å². The van der Waals surface area contributed by atoms with E-state index in [1.807, 2.05) is 0 Å². The van der Waals surface area contributed by atoms with Crippen LogP contribution in [0.2, 0.25) is 0 Å². The third-order valence-electron chi connectivity index (χ3n) is 3.68. The standard InChI is InChI=1S/C13H22O8/c14-5-7(2-1-3-10(16)17)4-8-11(18)13(20)12(19)9(6-15)21-8/h5,7-9,11-13,15,18-20H,1-4,6H2,(H,16,17)/t7?,8-,9-,11+,12-,13-/m1/s1. The van der Waals surface area contributed by atoms with Gasteiger partial charge in [-0.25, -0.2) is 0 Å². The molecule has 5 N–H and O–H groups in total. The predicted molar refractivity (Wildman–Crippen MR) is 69.4 cm³/mol. The highest BCUT2D eigenvalue weighted by molar-refractivity contribution is 5.66. The lowest BCUT2D eigenvalue weighted by molar-refractivity contribution is -0.232. The molecule has 0 aromatic rings. The lowest BCUT2D eigenvalue weighted by Crippen LogP contribution is -2.58. The summed E-state index contributed by atoms with van der Waals surface area (Å²) >= 11 is 0. The molecular formula is C13H22O8. The highest BCUT2D eigenvalue weighted by Gasteiger charge is 2.43. The van der Waals surface area contributed by atoms with Crippen molar-refractivity contribution in [1.82, 2.24) is 0 Å². The van der Waals surface area contributed by atoms with Crippen molar-refractivity contribution in [3.63, 3.8) is 0 Å². The molecule has 0 bridgehead atoms. The van der Waals surface area contributed by atoms with Gasteiger partial charge in [-0.05, 0) is 19.3 Å². The van der Waals surface area contributed by atoms with Crippen molar-refractivity contribution < 1.29 is 39.9 Å². The number of hydrogen-bond acceptors (Lipinski definition) is 7. The first kappa shape index (κ1) is 18.0. The summed E-state index contributed by atoms with van der Waals surface area (Å²) in [6.45, 7) is -0.522. The number of carbonyl (C=O) groups excluding carboxylic acids is 1. The van der Waals surface area contributed by atoms with Gasteiger partial charge in [-0.2, -0.15) is 0 Å². The Kier molecular flexibility index (Phi) is 7.20. The maximum absolute atomic E-state index is 11.0. The SMILES string of the molecule is O=CC(CCCC(=O)O)C[C@H]1O[C@H](CO)[C@@H](O)[C@H](O)[C@H]1O. The molecule has 1 unspecified atom stereocenters. The van der Waals surface area contributed by atoms with Crippen molar-refractivity contribution in [2.24, 2.45) is 5.92 Å². The van der Waals surface area contributed by atoms with Gasteiger partial charge in [0.05, 0.1) is 12.7 Å². The predicted octanol–water partition coefficient (Wildman–Crippen LogP) is -1.71. The van der Waals surface area contributed by atoms with E-state index in [4.69, 9.17) is 14.9 Å². The van der Waals surface area contributed by atoms with E-state index in [2.05, 4.69) is 0 Å². The van der Waals surface area contributed by atoms with Crippen molar-refractivity contribution in [1.29, 1.82) is 0 Å². The monoisotopic (exact) mass is 306 g/mol. The van der Waals surface area contributed by atoms with Crippen molar-refractivity contribution in [3.8, 4) is 0 Å². The third-order valence-corrected chi connectivity index (χ3v) is 3.68.